The third-order valence-electron chi connectivity index (χ3n) is 4.57. The minimum absolute atomic E-state index is 0.140. The van der Waals surface area contributed by atoms with Gasteiger partial charge in [-0.15, -0.1) is 11.3 Å². The molecule has 1 aliphatic heterocycles. The lowest BCUT2D eigenvalue weighted by Crippen LogP contribution is -2.30. The number of hydrogen-bond donors (Lipinski definition) is 2. The molecule has 1 aromatic carbocycles. The second-order valence-corrected chi connectivity index (χ2v) is 9.28. The number of sulfonamides is 1. The Morgan fingerprint density at radius 1 is 1.08 bits per heavy atom. The van der Waals surface area contributed by atoms with Crippen molar-refractivity contribution in [3.63, 3.8) is 0 Å². The fraction of sp³-hybridized carbons (Fsp3) is 0.412. The van der Waals surface area contributed by atoms with Gasteiger partial charge in [0.05, 0.1) is 11.7 Å². The number of hydrazine groups is 1. The predicted molar refractivity (Wildman–Crippen MR) is 98.6 cm³/mol. The molecule has 0 spiro atoms. The van der Waals surface area contributed by atoms with Crippen LogP contribution in [0.2, 0.25) is 0 Å². The summed E-state index contributed by atoms with van der Waals surface area (Å²) in [5, 5.41) is 0. The molecule has 3 rings (SSSR count). The topological polar surface area (TPSA) is 61.4 Å². The molecule has 24 heavy (non-hydrogen) atoms. The second kappa shape index (κ2) is 6.84. The smallest absolute Gasteiger partial charge is 0.266 e. The van der Waals surface area contributed by atoms with Gasteiger partial charge in [-0.3, -0.25) is 9.73 Å². The summed E-state index contributed by atoms with van der Waals surface area (Å²) in [6.07, 6.45) is 0. The molecule has 0 radical (unpaired) electrons. The second-order valence-electron chi connectivity index (χ2n) is 6.08. The standard InChI is InChI=1S/C17H23N3O2S2/c1-4-20(14-8-6-5-7-9-14)24(21,22)16-11-10-15(23-16)17-12(2)13(3)18-19-17/h5-13,17-19H,4H2,1-3H3. The Hall–Kier alpha value is -1.41. The van der Waals surface area contributed by atoms with Gasteiger partial charge in [0, 0.05) is 17.5 Å². The Morgan fingerprint density at radius 2 is 1.79 bits per heavy atom. The summed E-state index contributed by atoms with van der Waals surface area (Å²) < 4.78 is 27.9. The molecular formula is C17H23N3O2S2. The van der Waals surface area contributed by atoms with Gasteiger partial charge >= 0.3 is 0 Å². The van der Waals surface area contributed by atoms with E-state index in [2.05, 4.69) is 24.7 Å². The number of benzene rings is 1. The van der Waals surface area contributed by atoms with Crippen LogP contribution >= 0.6 is 11.3 Å². The zero-order valence-corrected chi connectivity index (χ0v) is 15.7. The van der Waals surface area contributed by atoms with Crippen molar-refractivity contribution in [1.29, 1.82) is 0 Å². The number of nitrogens with one attached hydrogen (secondary N) is 2. The van der Waals surface area contributed by atoms with Crippen LogP contribution in [0.3, 0.4) is 0 Å². The van der Waals surface area contributed by atoms with Crippen molar-refractivity contribution in [2.75, 3.05) is 10.8 Å². The molecule has 1 aliphatic rings. The molecular weight excluding hydrogens is 342 g/mol. The van der Waals surface area contributed by atoms with E-state index in [1.165, 1.54) is 15.6 Å². The molecule has 130 valence electrons. The van der Waals surface area contributed by atoms with Crippen molar-refractivity contribution in [2.45, 2.75) is 37.1 Å². The van der Waals surface area contributed by atoms with Gasteiger partial charge in [0.15, 0.2) is 0 Å². The first-order valence-corrected chi connectivity index (χ1v) is 10.4. The summed E-state index contributed by atoms with van der Waals surface area (Å²) in [6.45, 7) is 6.54. The molecule has 2 heterocycles. The molecule has 0 saturated carbocycles. The van der Waals surface area contributed by atoms with Crippen molar-refractivity contribution in [2.24, 2.45) is 5.92 Å². The number of rotatable bonds is 5. The fourth-order valence-corrected chi connectivity index (χ4v) is 6.02. The van der Waals surface area contributed by atoms with Crippen molar-refractivity contribution in [3.05, 3.63) is 47.3 Å². The molecule has 2 N–H and O–H groups in total. The number of thiophene rings is 1. The van der Waals surface area contributed by atoms with Gasteiger partial charge in [0.25, 0.3) is 10.0 Å². The van der Waals surface area contributed by atoms with Crippen LogP contribution in [0.5, 0.6) is 0 Å². The normalized spacial score (nSPS) is 24.2. The quantitative estimate of drug-likeness (QED) is 0.855. The lowest BCUT2D eigenvalue weighted by molar-refractivity contribution is 0.481. The summed E-state index contributed by atoms with van der Waals surface area (Å²) >= 11 is 1.35. The van der Waals surface area contributed by atoms with Crippen LogP contribution in [-0.2, 0) is 10.0 Å². The van der Waals surface area contributed by atoms with Crippen LogP contribution in [0.15, 0.2) is 46.7 Å². The maximum atomic E-state index is 13.0. The molecule has 1 aromatic heterocycles. The van der Waals surface area contributed by atoms with Gasteiger partial charge in [-0.2, -0.15) is 0 Å². The van der Waals surface area contributed by atoms with Crippen LogP contribution in [0.1, 0.15) is 31.7 Å². The molecule has 1 fully saturated rings. The SMILES string of the molecule is CCN(c1ccccc1)S(=O)(=O)c1ccc(C2NNC(C)C2C)s1. The average Bonchev–Trinajstić information content (AvgIpc) is 3.17. The molecule has 0 amide bonds. The summed E-state index contributed by atoms with van der Waals surface area (Å²) in [7, 11) is -3.54. The zero-order chi connectivity index (χ0) is 17.3. The maximum absolute atomic E-state index is 13.0. The minimum Gasteiger partial charge on any atom is -0.266 e. The monoisotopic (exact) mass is 365 g/mol. The van der Waals surface area contributed by atoms with Crippen LogP contribution in [0, 0.1) is 5.92 Å². The highest BCUT2D eigenvalue weighted by Gasteiger charge is 2.33. The van der Waals surface area contributed by atoms with Crippen LogP contribution in [0.25, 0.3) is 0 Å². The molecule has 0 aliphatic carbocycles. The summed E-state index contributed by atoms with van der Waals surface area (Å²) in [5.74, 6) is 0.399. The van der Waals surface area contributed by atoms with E-state index < -0.39 is 10.0 Å². The van der Waals surface area contributed by atoms with Gasteiger partial charge in [0.1, 0.15) is 4.21 Å². The molecule has 3 unspecified atom stereocenters. The van der Waals surface area contributed by atoms with Crippen molar-refractivity contribution in [3.8, 4) is 0 Å². The number of nitrogens with zero attached hydrogens (tertiary/aromatic N) is 1. The number of hydrogen-bond acceptors (Lipinski definition) is 5. The highest BCUT2D eigenvalue weighted by molar-refractivity contribution is 7.94. The third-order valence-corrected chi connectivity index (χ3v) is 8.10. The molecule has 0 bridgehead atoms. The van der Waals surface area contributed by atoms with E-state index in [-0.39, 0.29) is 6.04 Å². The highest BCUT2D eigenvalue weighted by atomic mass is 32.2. The summed E-state index contributed by atoms with van der Waals surface area (Å²) in [4.78, 5) is 1.04. The van der Waals surface area contributed by atoms with Crippen molar-refractivity contribution < 1.29 is 8.42 Å². The Labute approximate surface area is 147 Å². The van der Waals surface area contributed by atoms with E-state index >= 15 is 0 Å². The molecule has 2 aromatic rings. The Bertz CT molecular complexity index is 789. The Balaban J connectivity index is 1.91. The molecule has 5 nitrogen and oxygen atoms in total. The fourth-order valence-electron chi connectivity index (χ4n) is 2.94. The van der Waals surface area contributed by atoms with E-state index in [0.29, 0.717) is 28.4 Å². The first-order chi connectivity index (χ1) is 11.4. The van der Waals surface area contributed by atoms with E-state index in [9.17, 15) is 8.42 Å². The summed E-state index contributed by atoms with van der Waals surface area (Å²) in [5.41, 5.74) is 7.18. The third kappa shape index (κ3) is 3.09. The highest BCUT2D eigenvalue weighted by Crippen LogP contribution is 2.36. The van der Waals surface area contributed by atoms with Gasteiger partial charge in [-0.25, -0.2) is 13.8 Å². The van der Waals surface area contributed by atoms with Crippen LogP contribution in [0.4, 0.5) is 5.69 Å². The lowest BCUT2D eigenvalue weighted by atomic mass is 9.97. The minimum atomic E-state index is -3.54. The van der Waals surface area contributed by atoms with E-state index in [4.69, 9.17) is 0 Å². The van der Waals surface area contributed by atoms with E-state index in [0.717, 1.165) is 4.88 Å². The van der Waals surface area contributed by atoms with Gasteiger partial charge in [0.2, 0.25) is 0 Å². The van der Waals surface area contributed by atoms with Crippen molar-refractivity contribution >= 4 is 27.0 Å². The zero-order valence-electron chi connectivity index (χ0n) is 14.1. The van der Waals surface area contributed by atoms with Gasteiger partial charge < -0.3 is 0 Å². The van der Waals surface area contributed by atoms with Crippen molar-refractivity contribution in [1.82, 2.24) is 10.9 Å². The van der Waals surface area contributed by atoms with E-state index in [1.807, 2.05) is 43.3 Å². The molecule has 1 saturated heterocycles. The first-order valence-electron chi connectivity index (χ1n) is 8.13. The maximum Gasteiger partial charge on any atom is 0.273 e. The molecule has 3 atom stereocenters. The molecule has 7 heteroatoms. The number of anilines is 1. The average molecular weight is 366 g/mol. The number of para-hydroxylation sites is 1. The van der Waals surface area contributed by atoms with Gasteiger partial charge in [-0.05, 0) is 44.0 Å². The van der Waals surface area contributed by atoms with Crippen LogP contribution < -0.4 is 15.2 Å². The summed E-state index contributed by atoms with van der Waals surface area (Å²) in [6, 6.07) is 13.4. The van der Waals surface area contributed by atoms with Crippen LogP contribution in [-0.4, -0.2) is 21.0 Å². The predicted octanol–water partition coefficient (Wildman–Crippen LogP) is 3.14. The Kier molecular flexibility index (Phi) is 4.96. The first kappa shape index (κ1) is 17.4. The van der Waals surface area contributed by atoms with E-state index in [1.54, 1.807) is 6.07 Å². The lowest BCUT2D eigenvalue weighted by Gasteiger charge is -2.22. The largest absolute Gasteiger partial charge is 0.273 e. The Morgan fingerprint density at radius 3 is 2.38 bits per heavy atom. The van der Waals surface area contributed by atoms with Gasteiger partial charge in [-0.1, -0.05) is 25.1 Å².